The van der Waals surface area contributed by atoms with Crippen LogP contribution in [0.25, 0.3) is 23.1 Å². The summed E-state index contributed by atoms with van der Waals surface area (Å²) >= 11 is 0. The normalized spacial score (nSPS) is 11.2. The number of nitro benzene ring substituents is 1. The summed E-state index contributed by atoms with van der Waals surface area (Å²) in [6, 6.07) is 13.7. The first-order chi connectivity index (χ1) is 11.1. The number of benzene rings is 2. The molecule has 0 N–H and O–H groups in total. The van der Waals surface area contributed by atoms with Gasteiger partial charge in [0.1, 0.15) is 0 Å². The number of aryl methyl sites for hydroxylation is 1. The fourth-order valence-corrected chi connectivity index (χ4v) is 2.51. The third-order valence-corrected chi connectivity index (χ3v) is 3.66. The number of rotatable bonds is 3. The van der Waals surface area contributed by atoms with Gasteiger partial charge in [0, 0.05) is 36.3 Å². The Bertz CT molecular complexity index is 987. The zero-order valence-corrected chi connectivity index (χ0v) is 12.5. The highest BCUT2D eigenvalue weighted by Crippen LogP contribution is 2.16. The molecule has 0 amide bonds. The van der Waals surface area contributed by atoms with Crippen molar-refractivity contribution in [1.29, 1.82) is 0 Å². The molecule has 0 saturated heterocycles. The van der Waals surface area contributed by atoms with Crippen LogP contribution in [0.1, 0.15) is 11.1 Å². The summed E-state index contributed by atoms with van der Waals surface area (Å²) in [4.78, 5) is 22.9. The van der Waals surface area contributed by atoms with E-state index in [9.17, 15) is 14.9 Å². The SMILES string of the molecule is Cn1cc(/C=C/c2cccc([N+](=O)[O-])c2)c(=O)c2ccccc21. The summed E-state index contributed by atoms with van der Waals surface area (Å²) in [5.74, 6) is 0. The van der Waals surface area contributed by atoms with Crippen molar-refractivity contribution >= 4 is 28.7 Å². The lowest BCUT2D eigenvalue weighted by molar-refractivity contribution is -0.384. The molecule has 114 valence electrons. The molecule has 5 nitrogen and oxygen atoms in total. The van der Waals surface area contributed by atoms with Gasteiger partial charge in [0.15, 0.2) is 5.43 Å². The van der Waals surface area contributed by atoms with Crippen LogP contribution in [0, 0.1) is 10.1 Å². The molecule has 0 aliphatic rings. The molecule has 0 aliphatic heterocycles. The van der Waals surface area contributed by atoms with Crippen LogP contribution in [0.5, 0.6) is 0 Å². The Morgan fingerprint density at radius 1 is 1.09 bits per heavy atom. The van der Waals surface area contributed by atoms with Crippen molar-refractivity contribution in [2.45, 2.75) is 0 Å². The summed E-state index contributed by atoms with van der Waals surface area (Å²) in [6.07, 6.45) is 5.16. The lowest BCUT2D eigenvalue weighted by atomic mass is 10.1. The molecule has 3 aromatic rings. The third kappa shape index (κ3) is 2.89. The maximum atomic E-state index is 12.5. The Balaban J connectivity index is 2.05. The van der Waals surface area contributed by atoms with Gasteiger partial charge in [-0.05, 0) is 23.8 Å². The number of para-hydroxylation sites is 1. The maximum Gasteiger partial charge on any atom is 0.270 e. The highest BCUT2D eigenvalue weighted by Gasteiger charge is 2.06. The molecule has 2 aromatic carbocycles. The third-order valence-electron chi connectivity index (χ3n) is 3.66. The van der Waals surface area contributed by atoms with Gasteiger partial charge in [0.2, 0.25) is 0 Å². The fourth-order valence-electron chi connectivity index (χ4n) is 2.51. The fraction of sp³-hybridized carbons (Fsp3) is 0.0556. The second-order valence-electron chi connectivity index (χ2n) is 5.23. The van der Waals surface area contributed by atoms with Crippen LogP contribution in [0.2, 0.25) is 0 Å². The van der Waals surface area contributed by atoms with Crippen LogP contribution >= 0.6 is 0 Å². The average Bonchev–Trinajstić information content (AvgIpc) is 2.57. The Hall–Kier alpha value is -3.21. The van der Waals surface area contributed by atoms with E-state index in [4.69, 9.17) is 0 Å². The van der Waals surface area contributed by atoms with Crippen molar-refractivity contribution in [3.8, 4) is 0 Å². The topological polar surface area (TPSA) is 65.1 Å². The summed E-state index contributed by atoms with van der Waals surface area (Å²) in [5, 5.41) is 11.4. The number of nitrogens with zero attached hydrogens (tertiary/aromatic N) is 2. The summed E-state index contributed by atoms with van der Waals surface area (Å²) < 4.78 is 1.89. The van der Waals surface area contributed by atoms with E-state index in [2.05, 4.69) is 0 Å². The highest BCUT2D eigenvalue weighted by molar-refractivity contribution is 5.82. The summed E-state index contributed by atoms with van der Waals surface area (Å²) in [6.45, 7) is 0. The van der Waals surface area contributed by atoms with E-state index in [1.807, 2.05) is 29.8 Å². The van der Waals surface area contributed by atoms with Crippen molar-refractivity contribution in [3.05, 3.63) is 86.2 Å². The molecule has 0 fully saturated rings. The molecule has 0 spiro atoms. The minimum Gasteiger partial charge on any atom is -0.350 e. The number of non-ortho nitro benzene ring substituents is 1. The Morgan fingerprint density at radius 3 is 2.65 bits per heavy atom. The smallest absolute Gasteiger partial charge is 0.270 e. The molecular weight excluding hydrogens is 292 g/mol. The zero-order chi connectivity index (χ0) is 16.4. The largest absolute Gasteiger partial charge is 0.350 e. The van der Waals surface area contributed by atoms with Gasteiger partial charge in [-0.3, -0.25) is 14.9 Å². The Labute approximate surface area is 132 Å². The number of hydrogen-bond acceptors (Lipinski definition) is 3. The number of hydrogen-bond donors (Lipinski definition) is 0. The van der Waals surface area contributed by atoms with Crippen molar-refractivity contribution in [2.24, 2.45) is 7.05 Å². The van der Waals surface area contributed by atoms with Gasteiger partial charge in [-0.2, -0.15) is 0 Å². The molecule has 0 saturated carbocycles. The van der Waals surface area contributed by atoms with E-state index in [0.717, 1.165) is 5.52 Å². The van der Waals surface area contributed by atoms with E-state index in [0.29, 0.717) is 16.5 Å². The molecule has 1 heterocycles. The first kappa shape index (κ1) is 14.7. The van der Waals surface area contributed by atoms with E-state index in [-0.39, 0.29) is 11.1 Å². The van der Waals surface area contributed by atoms with Crippen LogP contribution < -0.4 is 5.43 Å². The summed E-state index contributed by atoms with van der Waals surface area (Å²) in [7, 11) is 1.88. The predicted molar refractivity (Wildman–Crippen MR) is 91.2 cm³/mol. The van der Waals surface area contributed by atoms with Gasteiger partial charge in [-0.1, -0.05) is 30.3 Å². The molecule has 0 unspecified atom stereocenters. The van der Waals surface area contributed by atoms with Gasteiger partial charge in [0.25, 0.3) is 5.69 Å². The van der Waals surface area contributed by atoms with Gasteiger partial charge in [-0.15, -0.1) is 0 Å². The molecule has 0 bridgehead atoms. The highest BCUT2D eigenvalue weighted by atomic mass is 16.6. The predicted octanol–water partition coefficient (Wildman–Crippen LogP) is 3.62. The number of fused-ring (bicyclic) bond motifs is 1. The van der Waals surface area contributed by atoms with Crippen LogP contribution in [0.15, 0.2) is 59.5 Å². The maximum absolute atomic E-state index is 12.5. The standard InChI is InChI=1S/C18H14N2O3/c1-19-12-14(18(21)16-7-2-3-8-17(16)19)10-9-13-5-4-6-15(11-13)20(22)23/h2-12H,1H3/b10-9+. The van der Waals surface area contributed by atoms with Crippen molar-refractivity contribution in [1.82, 2.24) is 4.57 Å². The second kappa shape index (κ2) is 5.88. The van der Waals surface area contributed by atoms with E-state index < -0.39 is 4.92 Å². The zero-order valence-electron chi connectivity index (χ0n) is 12.5. The first-order valence-corrected chi connectivity index (χ1v) is 7.07. The molecule has 23 heavy (non-hydrogen) atoms. The van der Waals surface area contributed by atoms with E-state index in [1.54, 1.807) is 36.5 Å². The number of nitro groups is 1. The molecule has 0 atom stereocenters. The monoisotopic (exact) mass is 306 g/mol. The average molecular weight is 306 g/mol. The van der Waals surface area contributed by atoms with Crippen molar-refractivity contribution in [3.63, 3.8) is 0 Å². The van der Waals surface area contributed by atoms with Gasteiger partial charge in [-0.25, -0.2) is 0 Å². The lowest BCUT2D eigenvalue weighted by Gasteiger charge is -2.06. The molecular formula is C18H14N2O3. The minimum atomic E-state index is -0.438. The minimum absolute atomic E-state index is 0.0264. The summed E-state index contributed by atoms with van der Waals surface area (Å²) in [5.41, 5.74) is 2.05. The van der Waals surface area contributed by atoms with Crippen LogP contribution in [-0.2, 0) is 7.05 Å². The first-order valence-electron chi connectivity index (χ1n) is 7.07. The van der Waals surface area contributed by atoms with Gasteiger partial charge >= 0.3 is 0 Å². The van der Waals surface area contributed by atoms with Gasteiger partial charge in [0.05, 0.1) is 10.4 Å². The van der Waals surface area contributed by atoms with Crippen LogP contribution in [0.3, 0.4) is 0 Å². The number of pyridine rings is 1. The van der Waals surface area contributed by atoms with Crippen molar-refractivity contribution in [2.75, 3.05) is 0 Å². The van der Waals surface area contributed by atoms with Gasteiger partial charge < -0.3 is 4.57 Å². The van der Waals surface area contributed by atoms with E-state index in [1.165, 1.54) is 12.1 Å². The van der Waals surface area contributed by atoms with E-state index >= 15 is 0 Å². The van der Waals surface area contributed by atoms with Crippen LogP contribution in [0.4, 0.5) is 5.69 Å². The number of aromatic nitrogens is 1. The molecule has 0 radical (unpaired) electrons. The quantitative estimate of drug-likeness (QED) is 0.548. The van der Waals surface area contributed by atoms with Crippen LogP contribution in [-0.4, -0.2) is 9.49 Å². The lowest BCUT2D eigenvalue weighted by Crippen LogP contribution is -2.10. The molecule has 3 rings (SSSR count). The Morgan fingerprint density at radius 2 is 1.87 bits per heavy atom. The molecule has 1 aromatic heterocycles. The molecule has 5 heteroatoms. The second-order valence-corrected chi connectivity index (χ2v) is 5.23. The Kier molecular flexibility index (Phi) is 3.76. The molecule has 0 aliphatic carbocycles. The van der Waals surface area contributed by atoms with Crippen molar-refractivity contribution < 1.29 is 4.92 Å².